The van der Waals surface area contributed by atoms with Gasteiger partial charge in [-0.3, -0.25) is 0 Å². The van der Waals surface area contributed by atoms with Gasteiger partial charge in [-0.2, -0.15) is 0 Å². The van der Waals surface area contributed by atoms with Gasteiger partial charge in [0.25, 0.3) is 0 Å². The Bertz CT molecular complexity index is 485. The van der Waals surface area contributed by atoms with Crippen molar-refractivity contribution in [1.82, 2.24) is 0 Å². The lowest BCUT2D eigenvalue weighted by molar-refractivity contribution is -0.0795. The number of nitrogens with zero attached hydrogens (tertiary/aromatic N) is 1. The highest BCUT2D eigenvalue weighted by Gasteiger charge is 2.41. The SMILES string of the molecule is CN(c1cc(Cl)ccc1N)C1CCOC2(CCCC2)C1. The average Bonchev–Trinajstić information content (AvgIpc) is 2.88. The molecule has 0 radical (unpaired) electrons. The molecule has 1 unspecified atom stereocenters. The van der Waals surface area contributed by atoms with E-state index in [2.05, 4.69) is 11.9 Å². The van der Waals surface area contributed by atoms with Crippen molar-refractivity contribution in [3.8, 4) is 0 Å². The average molecular weight is 295 g/mol. The molecule has 3 rings (SSSR count). The van der Waals surface area contributed by atoms with Gasteiger partial charge in [-0.05, 0) is 43.9 Å². The molecule has 2 N–H and O–H groups in total. The van der Waals surface area contributed by atoms with Crippen LogP contribution >= 0.6 is 11.6 Å². The van der Waals surface area contributed by atoms with Gasteiger partial charge in [0.2, 0.25) is 0 Å². The van der Waals surface area contributed by atoms with E-state index < -0.39 is 0 Å². The maximum atomic E-state index is 6.11. The first-order valence-electron chi connectivity index (χ1n) is 7.51. The van der Waals surface area contributed by atoms with Crippen LogP contribution in [0.5, 0.6) is 0 Å². The Morgan fingerprint density at radius 3 is 2.85 bits per heavy atom. The lowest BCUT2D eigenvalue weighted by Crippen LogP contribution is -2.46. The number of rotatable bonds is 2. The maximum absolute atomic E-state index is 6.11. The molecule has 1 saturated heterocycles. The van der Waals surface area contributed by atoms with Crippen molar-refractivity contribution in [1.29, 1.82) is 0 Å². The van der Waals surface area contributed by atoms with Gasteiger partial charge in [-0.15, -0.1) is 0 Å². The molecule has 1 aliphatic heterocycles. The summed E-state index contributed by atoms with van der Waals surface area (Å²) in [4.78, 5) is 2.30. The van der Waals surface area contributed by atoms with Crippen LogP contribution in [0.3, 0.4) is 0 Å². The lowest BCUT2D eigenvalue weighted by Gasteiger charge is -2.42. The number of halogens is 1. The van der Waals surface area contributed by atoms with Crippen LogP contribution in [-0.4, -0.2) is 25.3 Å². The third kappa shape index (κ3) is 2.61. The molecule has 20 heavy (non-hydrogen) atoms. The van der Waals surface area contributed by atoms with Crippen LogP contribution in [0.15, 0.2) is 18.2 Å². The van der Waals surface area contributed by atoms with Gasteiger partial charge in [0.05, 0.1) is 17.0 Å². The van der Waals surface area contributed by atoms with Crippen molar-refractivity contribution in [2.75, 3.05) is 24.3 Å². The molecule has 4 heteroatoms. The van der Waals surface area contributed by atoms with Crippen LogP contribution in [0.4, 0.5) is 11.4 Å². The highest BCUT2D eigenvalue weighted by Crippen LogP contribution is 2.42. The van der Waals surface area contributed by atoms with Gasteiger partial charge in [-0.1, -0.05) is 24.4 Å². The highest BCUT2D eigenvalue weighted by molar-refractivity contribution is 6.31. The van der Waals surface area contributed by atoms with Crippen molar-refractivity contribution >= 4 is 23.0 Å². The van der Waals surface area contributed by atoms with Crippen LogP contribution in [-0.2, 0) is 4.74 Å². The fraction of sp³-hybridized carbons (Fsp3) is 0.625. The number of anilines is 2. The molecule has 0 aromatic heterocycles. The largest absolute Gasteiger partial charge is 0.397 e. The quantitative estimate of drug-likeness (QED) is 0.842. The molecular formula is C16H23ClN2O. The van der Waals surface area contributed by atoms with Gasteiger partial charge in [-0.25, -0.2) is 0 Å². The zero-order valence-corrected chi connectivity index (χ0v) is 12.8. The fourth-order valence-electron chi connectivity index (χ4n) is 3.72. The predicted octanol–water partition coefficient (Wildman–Crippen LogP) is 3.85. The Morgan fingerprint density at radius 1 is 1.35 bits per heavy atom. The van der Waals surface area contributed by atoms with Crippen molar-refractivity contribution in [3.63, 3.8) is 0 Å². The van der Waals surface area contributed by atoms with Crippen LogP contribution in [0.25, 0.3) is 0 Å². The first-order valence-corrected chi connectivity index (χ1v) is 7.89. The molecule has 1 aromatic carbocycles. The summed E-state index contributed by atoms with van der Waals surface area (Å²) in [6.45, 7) is 0.857. The minimum atomic E-state index is 0.129. The van der Waals surface area contributed by atoms with E-state index in [0.717, 1.165) is 35.8 Å². The van der Waals surface area contributed by atoms with Crippen molar-refractivity contribution in [3.05, 3.63) is 23.2 Å². The van der Waals surface area contributed by atoms with Crippen molar-refractivity contribution in [2.45, 2.75) is 50.2 Å². The number of benzene rings is 1. The minimum Gasteiger partial charge on any atom is -0.397 e. The monoisotopic (exact) mass is 294 g/mol. The first-order chi connectivity index (χ1) is 9.60. The number of nitrogens with two attached hydrogens (primary N) is 1. The summed E-state index contributed by atoms with van der Waals surface area (Å²) in [5.74, 6) is 0. The van der Waals surface area contributed by atoms with Crippen LogP contribution in [0.2, 0.25) is 5.02 Å². The Labute approximate surface area is 126 Å². The van der Waals surface area contributed by atoms with Gasteiger partial charge >= 0.3 is 0 Å². The van der Waals surface area contributed by atoms with Crippen LogP contribution in [0, 0.1) is 0 Å². The van der Waals surface area contributed by atoms with E-state index in [9.17, 15) is 0 Å². The second-order valence-corrected chi connectivity index (χ2v) is 6.64. The zero-order chi connectivity index (χ0) is 14.2. The van der Waals surface area contributed by atoms with E-state index >= 15 is 0 Å². The highest BCUT2D eigenvalue weighted by atomic mass is 35.5. The summed E-state index contributed by atoms with van der Waals surface area (Å²) in [7, 11) is 2.13. The third-order valence-corrected chi connectivity index (χ3v) is 5.14. The first kappa shape index (κ1) is 14.0. The molecule has 1 spiro atoms. The summed E-state index contributed by atoms with van der Waals surface area (Å²) in [5.41, 5.74) is 8.07. The Hall–Kier alpha value is -0.930. The number of ether oxygens (including phenoxy) is 1. The van der Waals surface area contributed by atoms with E-state index in [1.165, 1.54) is 25.7 Å². The van der Waals surface area contributed by atoms with E-state index in [4.69, 9.17) is 22.1 Å². The number of hydrogen-bond acceptors (Lipinski definition) is 3. The molecule has 2 fully saturated rings. The predicted molar refractivity (Wildman–Crippen MR) is 84.4 cm³/mol. The summed E-state index contributed by atoms with van der Waals surface area (Å²) in [6.07, 6.45) is 7.19. The normalized spacial score (nSPS) is 25.0. The van der Waals surface area contributed by atoms with Gasteiger partial charge < -0.3 is 15.4 Å². The molecule has 1 aliphatic carbocycles. The topological polar surface area (TPSA) is 38.5 Å². The second-order valence-electron chi connectivity index (χ2n) is 6.20. The Morgan fingerprint density at radius 2 is 2.10 bits per heavy atom. The molecular weight excluding hydrogens is 272 g/mol. The van der Waals surface area contributed by atoms with Gasteiger partial charge in [0.15, 0.2) is 0 Å². The van der Waals surface area contributed by atoms with E-state index in [0.29, 0.717) is 6.04 Å². The molecule has 1 saturated carbocycles. The molecule has 110 valence electrons. The number of hydrogen-bond donors (Lipinski definition) is 1. The summed E-state index contributed by atoms with van der Waals surface area (Å²) in [6, 6.07) is 6.19. The minimum absolute atomic E-state index is 0.129. The van der Waals surface area contributed by atoms with E-state index in [1.54, 1.807) is 0 Å². The van der Waals surface area contributed by atoms with Crippen molar-refractivity contribution < 1.29 is 4.74 Å². The lowest BCUT2D eigenvalue weighted by atomic mass is 9.88. The Kier molecular flexibility index (Phi) is 3.83. The summed E-state index contributed by atoms with van der Waals surface area (Å²) in [5, 5.41) is 0.740. The number of nitrogen functional groups attached to an aromatic ring is 1. The Balaban J connectivity index is 1.79. The maximum Gasteiger partial charge on any atom is 0.0702 e. The van der Waals surface area contributed by atoms with Crippen LogP contribution < -0.4 is 10.6 Å². The smallest absolute Gasteiger partial charge is 0.0702 e. The molecule has 3 nitrogen and oxygen atoms in total. The zero-order valence-electron chi connectivity index (χ0n) is 12.1. The molecule has 0 bridgehead atoms. The van der Waals surface area contributed by atoms with Gasteiger partial charge in [0.1, 0.15) is 0 Å². The fourth-order valence-corrected chi connectivity index (χ4v) is 3.89. The van der Waals surface area contributed by atoms with Crippen molar-refractivity contribution in [2.24, 2.45) is 0 Å². The molecule has 0 amide bonds. The molecule has 1 heterocycles. The molecule has 1 aromatic rings. The molecule has 2 aliphatic rings. The molecule has 1 atom stereocenters. The van der Waals surface area contributed by atoms with E-state index in [-0.39, 0.29) is 5.60 Å². The van der Waals surface area contributed by atoms with Gasteiger partial charge in [0, 0.05) is 24.7 Å². The van der Waals surface area contributed by atoms with E-state index in [1.807, 2.05) is 18.2 Å². The summed E-state index contributed by atoms with van der Waals surface area (Å²) < 4.78 is 6.11. The van der Waals surface area contributed by atoms with Crippen LogP contribution in [0.1, 0.15) is 38.5 Å². The summed E-state index contributed by atoms with van der Waals surface area (Å²) >= 11 is 6.11. The second kappa shape index (κ2) is 5.45. The third-order valence-electron chi connectivity index (χ3n) is 4.90. The standard InChI is InChI=1S/C16H23ClN2O/c1-19(15-10-12(17)4-5-14(15)18)13-6-9-20-16(11-13)7-2-3-8-16/h4-5,10,13H,2-3,6-9,11,18H2,1H3.